The number of benzene rings is 1. The lowest BCUT2D eigenvalue weighted by Gasteiger charge is -2.36. The van der Waals surface area contributed by atoms with Crippen LogP contribution in [0.3, 0.4) is 0 Å². The first-order valence-corrected chi connectivity index (χ1v) is 7.08. The molecule has 1 saturated heterocycles. The van der Waals surface area contributed by atoms with E-state index in [1.54, 1.807) is 0 Å². The van der Waals surface area contributed by atoms with Gasteiger partial charge in [-0.15, -0.1) is 0 Å². The van der Waals surface area contributed by atoms with Gasteiger partial charge in [-0.3, -0.25) is 4.90 Å². The van der Waals surface area contributed by atoms with Gasteiger partial charge in [0.25, 0.3) is 0 Å². The van der Waals surface area contributed by atoms with E-state index in [0.29, 0.717) is 5.92 Å². The van der Waals surface area contributed by atoms with Crippen LogP contribution in [0, 0.1) is 25.7 Å². The average Bonchev–Trinajstić information content (AvgIpc) is 2.30. The number of likely N-dealkylation sites (tertiary alicyclic amines) is 1. The summed E-state index contributed by atoms with van der Waals surface area (Å²) >= 11 is 0. The topological polar surface area (TPSA) is 29.3 Å². The molecule has 1 fully saturated rings. The number of rotatable bonds is 3. The largest absolute Gasteiger partial charge is 0.330 e. The van der Waals surface area contributed by atoms with Gasteiger partial charge in [0.2, 0.25) is 0 Å². The van der Waals surface area contributed by atoms with Crippen molar-refractivity contribution >= 4 is 0 Å². The summed E-state index contributed by atoms with van der Waals surface area (Å²) in [6.07, 6.45) is 1.28. The fraction of sp³-hybridized carbons (Fsp3) is 0.625. The standard InChI is InChI=1S/C16H26N2/c1-12-6-13(2)8-15(7-12)10-18-5-4-14(3)16(9-17)11-18/h6-8,14,16H,4-5,9-11,17H2,1-3H3. The Labute approximate surface area is 111 Å². The molecular formula is C16H26N2. The van der Waals surface area contributed by atoms with Crippen LogP contribution in [0.2, 0.25) is 0 Å². The predicted molar refractivity (Wildman–Crippen MR) is 77.5 cm³/mol. The number of hydrogen-bond acceptors (Lipinski definition) is 2. The highest BCUT2D eigenvalue weighted by Crippen LogP contribution is 2.23. The minimum absolute atomic E-state index is 0.671. The fourth-order valence-corrected chi connectivity index (χ4v) is 3.09. The Kier molecular flexibility index (Phi) is 4.41. The van der Waals surface area contributed by atoms with E-state index >= 15 is 0 Å². The van der Waals surface area contributed by atoms with Gasteiger partial charge in [-0.05, 0) is 50.8 Å². The highest BCUT2D eigenvalue weighted by atomic mass is 15.1. The van der Waals surface area contributed by atoms with Crippen LogP contribution in [0.15, 0.2) is 18.2 Å². The second-order valence-electron chi connectivity index (χ2n) is 5.99. The van der Waals surface area contributed by atoms with Gasteiger partial charge in [0.15, 0.2) is 0 Å². The lowest BCUT2D eigenvalue weighted by molar-refractivity contribution is 0.126. The molecule has 1 aliphatic heterocycles. The van der Waals surface area contributed by atoms with E-state index in [2.05, 4.69) is 43.9 Å². The molecule has 100 valence electrons. The van der Waals surface area contributed by atoms with Crippen molar-refractivity contribution in [3.63, 3.8) is 0 Å². The SMILES string of the molecule is Cc1cc(C)cc(CN2CCC(C)C(CN)C2)c1. The van der Waals surface area contributed by atoms with E-state index in [1.807, 2.05) is 0 Å². The normalized spacial score (nSPS) is 25.3. The van der Waals surface area contributed by atoms with Gasteiger partial charge in [-0.2, -0.15) is 0 Å². The quantitative estimate of drug-likeness (QED) is 0.888. The van der Waals surface area contributed by atoms with Gasteiger partial charge in [-0.25, -0.2) is 0 Å². The third-order valence-electron chi connectivity index (χ3n) is 4.19. The van der Waals surface area contributed by atoms with E-state index in [0.717, 1.165) is 25.6 Å². The molecule has 0 saturated carbocycles. The molecule has 1 heterocycles. The van der Waals surface area contributed by atoms with E-state index < -0.39 is 0 Å². The molecule has 1 aromatic rings. The molecule has 2 nitrogen and oxygen atoms in total. The molecule has 0 amide bonds. The van der Waals surface area contributed by atoms with Crippen molar-refractivity contribution in [3.05, 3.63) is 34.9 Å². The molecule has 2 heteroatoms. The highest BCUT2D eigenvalue weighted by Gasteiger charge is 2.24. The summed E-state index contributed by atoms with van der Waals surface area (Å²) in [6, 6.07) is 6.86. The van der Waals surface area contributed by atoms with Gasteiger partial charge in [0, 0.05) is 13.1 Å². The second-order valence-corrected chi connectivity index (χ2v) is 5.99. The maximum absolute atomic E-state index is 5.87. The molecule has 2 N–H and O–H groups in total. The molecule has 0 aliphatic carbocycles. The maximum atomic E-state index is 5.87. The van der Waals surface area contributed by atoms with Crippen molar-refractivity contribution in [3.8, 4) is 0 Å². The van der Waals surface area contributed by atoms with Crippen molar-refractivity contribution in [1.82, 2.24) is 4.90 Å². The first kappa shape index (κ1) is 13.6. The Morgan fingerprint density at radius 1 is 1.22 bits per heavy atom. The van der Waals surface area contributed by atoms with Crippen LogP contribution in [-0.4, -0.2) is 24.5 Å². The first-order valence-electron chi connectivity index (χ1n) is 7.08. The van der Waals surface area contributed by atoms with E-state index in [4.69, 9.17) is 5.73 Å². The number of nitrogens with two attached hydrogens (primary N) is 1. The summed E-state index contributed by atoms with van der Waals surface area (Å²) in [4.78, 5) is 2.56. The van der Waals surface area contributed by atoms with Gasteiger partial charge in [-0.1, -0.05) is 36.2 Å². The summed E-state index contributed by atoms with van der Waals surface area (Å²) < 4.78 is 0. The lowest BCUT2D eigenvalue weighted by atomic mass is 9.87. The van der Waals surface area contributed by atoms with E-state index in [-0.39, 0.29) is 0 Å². The maximum Gasteiger partial charge on any atom is 0.0234 e. The molecule has 0 aromatic heterocycles. The van der Waals surface area contributed by atoms with Crippen LogP contribution < -0.4 is 5.73 Å². The summed E-state index contributed by atoms with van der Waals surface area (Å²) in [5.74, 6) is 1.45. The molecule has 1 aromatic carbocycles. The van der Waals surface area contributed by atoms with Crippen LogP contribution in [0.1, 0.15) is 30.0 Å². The number of nitrogens with zero attached hydrogens (tertiary/aromatic N) is 1. The summed E-state index contributed by atoms with van der Waals surface area (Å²) in [6.45, 7) is 11.0. The zero-order valence-corrected chi connectivity index (χ0v) is 11.9. The lowest BCUT2D eigenvalue weighted by Crippen LogP contribution is -2.42. The van der Waals surface area contributed by atoms with Crippen LogP contribution in [0.25, 0.3) is 0 Å². The molecule has 2 rings (SSSR count). The Hall–Kier alpha value is -0.860. The Balaban J connectivity index is 2.01. The molecule has 2 atom stereocenters. The zero-order valence-electron chi connectivity index (χ0n) is 11.9. The van der Waals surface area contributed by atoms with Crippen LogP contribution in [0.4, 0.5) is 0 Å². The van der Waals surface area contributed by atoms with Crippen molar-refractivity contribution in [1.29, 1.82) is 0 Å². The smallest absolute Gasteiger partial charge is 0.0234 e. The molecule has 1 aliphatic rings. The molecule has 18 heavy (non-hydrogen) atoms. The Bertz CT molecular complexity index is 380. The fourth-order valence-electron chi connectivity index (χ4n) is 3.09. The van der Waals surface area contributed by atoms with Crippen molar-refractivity contribution in [2.45, 2.75) is 33.7 Å². The Morgan fingerprint density at radius 3 is 2.50 bits per heavy atom. The molecule has 0 spiro atoms. The zero-order chi connectivity index (χ0) is 13.1. The highest BCUT2D eigenvalue weighted by molar-refractivity contribution is 5.28. The third-order valence-corrected chi connectivity index (χ3v) is 4.19. The van der Waals surface area contributed by atoms with Crippen LogP contribution in [-0.2, 0) is 6.54 Å². The second kappa shape index (κ2) is 5.85. The summed E-state index contributed by atoms with van der Waals surface area (Å²) in [7, 11) is 0. The van der Waals surface area contributed by atoms with Crippen molar-refractivity contribution in [2.75, 3.05) is 19.6 Å². The summed E-state index contributed by atoms with van der Waals surface area (Å²) in [5, 5.41) is 0. The number of piperidine rings is 1. The van der Waals surface area contributed by atoms with Crippen LogP contribution >= 0.6 is 0 Å². The number of aryl methyl sites for hydroxylation is 2. The van der Waals surface area contributed by atoms with Gasteiger partial charge in [0.05, 0.1) is 0 Å². The van der Waals surface area contributed by atoms with Gasteiger partial charge in [0.1, 0.15) is 0 Å². The first-order chi connectivity index (χ1) is 8.58. The molecular weight excluding hydrogens is 220 g/mol. The van der Waals surface area contributed by atoms with Crippen molar-refractivity contribution < 1.29 is 0 Å². The van der Waals surface area contributed by atoms with Crippen molar-refractivity contribution in [2.24, 2.45) is 17.6 Å². The van der Waals surface area contributed by atoms with Crippen LogP contribution in [0.5, 0.6) is 0 Å². The minimum Gasteiger partial charge on any atom is -0.330 e. The monoisotopic (exact) mass is 246 g/mol. The molecule has 0 radical (unpaired) electrons. The Morgan fingerprint density at radius 2 is 1.89 bits per heavy atom. The number of hydrogen-bond donors (Lipinski definition) is 1. The third kappa shape index (κ3) is 3.33. The minimum atomic E-state index is 0.671. The van der Waals surface area contributed by atoms with Gasteiger partial charge < -0.3 is 5.73 Å². The predicted octanol–water partition coefficient (Wildman–Crippen LogP) is 2.72. The summed E-state index contributed by atoms with van der Waals surface area (Å²) in [5.41, 5.74) is 10.0. The molecule has 2 unspecified atom stereocenters. The average molecular weight is 246 g/mol. The molecule has 0 bridgehead atoms. The van der Waals surface area contributed by atoms with E-state index in [1.165, 1.54) is 29.7 Å². The van der Waals surface area contributed by atoms with Gasteiger partial charge >= 0.3 is 0 Å². The van der Waals surface area contributed by atoms with E-state index in [9.17, 15) is 0 Å².